The summed E-state index contributed by atoms with van der Waals surface area (Å²) in [6.07, 6.45) is -2.95. The van der Waals surface area contributed by atoms with Gasteiger partial charge in [0.2, 0.25) is 10.0 Å². The lowest BCUT2D eigenvalue weighted by Gasteiger charge is -2.09. The molecule has 0 unspecified atom stereocenters. The predicted molar refractivity (Wildman–Crippen MR) is 80.8 cm³/mol. The molecule has 0 amide bonds. The Kier molecular flexibility index (Phi) is 4.58. The molecule has 2 aromatic rings. The van der Waals surface area contributed by atoms with Crippen molar-refractivity contribution in [1.29, 1.82) is 0 Å². The molecule has 1 fully saturated rings. The van der Waals surface area contributed by atoms with Crippen molar-refractivity contribution in [3.8, 4) is 0 Å². The summed E-state index contributed by atoms with van der Waals surface area (Å²) in [7, 11) is -3.87. The largest absolute Gasteiger partial charge is 0.435 e. The fourth-order valence-electron chi connectivity index (χ4n) is 2.44. The molecule has 3 rings (SSSR count). The summed E-state index contributed by atoms with van der Waals surface area (Å²) in [5.41, 5.74) is -0.510. The van der Waals surface area contributed by atoms with Crippen LogP contribution in [0.3, 0.4) is 0 Å². The van der Waals surface area contributed by atoms with Gasteiger partial charge in [0.15, 0.2) is 5.69 Å². The van der Waals surface area contributed by atoms with Crippen LogP contribution in [0, 0.1) is 5.82 Å². The zero-order valence-electron chi connectivity index (χ0n) is 12.9. The van der Waals surface area contributed by atoms with Gasteiger partial charge in [-0.1, -0.05) is 0 Å². The summed E-state index contributed by atoms with van der Waals surface area (Å²) < 4.78 is 79.0. The summed E-state index contributed by atoms with van der Waals surface area (Å²) in [4.78, 5) is -0.118. The summed E-state index contributed by atoms with van der Waals surface area (Å²) in [5, 5.41) is 3.55. The second-order valence-corrected chi connectivity index (χ2v) is 7.57. The second-order valence-electron chi connectivity index (χ2n) is 5.80. The van der Waals surface area contributed by atoms with Crippen LogP contribution in [-0.2, 0) is 22.7 Å². The molecule has 0 radical (unpaired) electrons. The number of hydrogen-bond donors (Lipinski definition) is 1. The number of halogens is 4. The number of rotatable bonds is 6. The number of hydrogen-bond acceptors (Lipinski definition) is 3. The smallest absolute Gasteiger partial charge is 0.267 e. The number of nitrogens with one attached hydrogen (secondary N) is 1. The van der Waals surface area contributed by atoms with Crippen LogP contribution < -0.4 is 4.72 Å². The molecule has 1 N–H and O–H groups in total. The maximum Gasteiger partial charge on any atom is 0.435 e. The lowest BCUT2D eigenvalue weighted by atomic mass is 10.2. The molecule has 1 aliphatic rings. The van der Waals surface area contributed by atoms with Crippen LogP contribution >= 0.6 is 0 Å². The Morgan fingerprint density at radius 3 is 2.40 bits per heavy atom. The lowest BCUT2D eigenvalue weighted by molar-refractivity contribution is -0.141. The van der Waals surface area contributed by atoms with E-state index in [1.807, 2.05) is 0 Å². The minimum absolute atomic E-state index is 0.0255. The fraction of sp³-hybridized carbons (Fsp3) is 0.400. The molecule has 0 aliphatic heterocycles. The van der Waals surface area contributed by atoms with Crippen molar-refractivity contribution < 1.29 is 26.0 Å². The number of alkyl halides is 3. The summed E-state index contributed by atoms with van der Waals surface area (Å²) in [6.45, 7) is -0.152. The first-order valence-electron chi connectivity index (χ1n) is 7.57. The van der Waals surface area contributed by atoms with E-state index in [0.29, 0.717) is 5.69 Å². The Bertz CT molecular complexity index is 856. The third-order valence-corrected chi connectivity index (χ3v) is 5.31. The van der Waals surface area contributed by atoms with Crippen LogP contribution in [0.25, 0.3) is 0 Å². The molecule has 1 aromatic carbocycles. The van der Waals surface area contributed by atoms with Crippen LogP contribution in [0.4, 0.5) is 17.6 Å². The van der Waals surface area contributed by atoms with E-state index in [-0.39, 0.29) is 23.9 Å². The van der Waals surface area contributed by atoms with E-state index >= 15 is 0 Å². The Labute approximate surface area is 141 Å². The van der Waals surface area contributed by atoms with Crippen LogP contribution in [0.1, 0.15) is 30.1 Å². The molecule has 136 valence electrons. The average Bonchev–Trinajstić information content (AvgIpc) is 3.27. The van der Waals surface area contributed by atoms with Crippen molar-refractivity contribution in [2.24, 2.45) is 0 Å². The lowest BCUT2D eigenvalue weighted by Crippen LogP contribution is -2.28. The Balaban J connectivity index is 1.69. The SMILES string of the molecule is O=S(=O)(NCCn1nc(C(F)(F)F)cc1C1CC1)c1ccc(F)cc1. The van der Waals surface area contributed by atoms with Crippen LogP contribution in [-0.4, -0.2) is 24.7 Å². The van der Waals surface area contributed by atoms with Gasteiger partial charge in [-0.2, -0.15) is 18.3 Å². The van der Waals surface area contributed by atoms with Gasteiger partial charge in [-0.15, -0.1) is 0 Å². The second kappa shape index (κ2) is 6.41. The van der Waals surface area contributed by atoms with Gasteiger partial charge in [-0.05, 0) is 43.2 Å². The minimum atomic E-state index is -4.54. The third kappa shape index (κ3) is 4.18. The molecule has 10 heteroatoms. The highest BCUT2D eigenvalue weighted by atomic mass is 32.2. The number of aromatic nitrogens is 2. The molecule has 0 atom stereocenters. The standard InChI is InChI=1S/C15H15F4N3O2S/c16-11-3-5-12(6-4-11)25(23,24)20-7-8-22-13(10-1-2-10)9-14(21-22)15(17,18)19/h3-6,9-10,20H,1-2,7-8H2. The zero-order valence-corrected chi connectivity index (χ0v) is 13.7. The van der Waals surface area contributed by atoms with Crippen molar-refractivity contribution >= 4 is 10.0 Å². The molecule has 1 aromatic heterocycles. The van der Waals surface area contributed by atoms with Gasteiger partial charge in [0.25, 0.3) is 0 Å². The zero-order chi connectivity index (χ0) is 18.2. The molecule has 25 heavy (non-hydrogen) atoms. The van der Waals surface area contributed by atoms with Gasteiger partial charge in [0.05, 0.1) is 11.4 Å². The molecule has 1 aliphatic carbocycles. The fourth-order valence-corrected chi connectivity index (χ4v) is 3.46. The first-order chi connectivity index (χ1) is 11.7. The highest BCUT2D eigenvalue weighted by Gasteiger charge is 2.37. The summed E-state index contributed by atoms with van der Waals surface area (Å²) in [5.74, 6) is -0.526. The molecule has 0 saturated heterocycles. The quantitative estimate of drug-likeness (QED) is 0.788. The maximum atomic E-state index is 12.9. The molecule has 0 spiro atoms. The number of sulfonamides is 1. The van der Waals surface area contributed by atoms with Gasteiger partial charge in [0, 0.05) is 18.2 Å². The van der Waals surface area contributed by atoms with Crippen molar-refractivity contribution in [3.05, 3.63) is 47.5 Å². The Morgan fingerprint density at radius 2 is 1.84 bits per heavy atom. The van der Waals surface area contributed by atoms with Crippen LogP contribution in [0.15, 0.2) is 35.2 Å². The molecule has 0 bridgehead atoms. The van der Waals surface area contributed by atoms with Gasteiger partial charge in [-0.25, -0.2) is 17.5 Å². The van der Waals surface area contributed by atoms with E-state index in [2.05, 4.69) is 9.82 Å². The number of nitrogens with zero attached hydrogens (tertiary/aromatic N) is 2. The van der Waals surface area contributed by atoms with Gasteiger partial charge >= 0.3 is 6.18 Å². The summed E-state index contributed by atoms with van der Waals surface area (Å²) in [6, 6.07) is 5.28. The van der Waals surface area contributed by atoms with E-state index in [1.54, 1.807) is 0 Å². The van der Waals surface area contributed by atoms with E-state index in [4.69, 9.17) is 0 Å². The minimum Gasteiger partial charge on any atom is -0.267 e. The molecule has 1 heterocycles. The molecule has 5 nitrogen and oxygen atoms in total. The first-order valence-corrected chi connectivity index (χ1v) is 9.05. The molecule has 1 saturated carbocycles. The van der Waals surface area contributed by atoms with Crippen molar-refractivity contribution in [3.63, 3.8) is 0 Å². The maximum absolute atomic E-state index is 12.9. The van der Waals surface area contributed by atoms with Gasteiger partial charge in [-0.3, -0.25) is 4.68 Å². The highest BCUT2D eigenvalue weighted by Crippen LogP contribution is 2.42. The Morgan fingerprint density at radius 1 is 1.20 bits per heavy atom. The normalized spacial score (nSPS) is 15.5. The monoisotopic (exact) mass is 377 g/mol. The van der Waals surface area contributed by atoms with Crippen molar-refractivity contribution in [2.75, 3.05) is 6.54 Å². The third-order valence-electron chi connectivity index (χ3n) is 3.84. The summed E-state index contributed by atoms with van der Waals surface area (Å²) >= 11 is 0. The van der Waals surface area contributed by atoms with Crippen LogP contribution in [0.2, 0.25) is 0 Å². The van der Waals surface area contributed by atoms with Crippen LogP contribution in [0.5, 0.6) is 0 Å². The van der Waals surface area contributed by atoms with Crippen molar-refractivity contribution in [1.82, 2.24) is 14.5 Å². The highest BCUT2D eigenvalue weighted by molar-refractivity contribution is 7.89. The van der Waals surface area contributed by atoms with Gasteiger partial charge in [0.1, 0.15) is 5.82 Å². The first kappa shape index (κ1) is 17.9. The van der Waals surface area contributed by atoms with E-state index in [1.165, 1.54) is 4.68 Å². The number of benzene rings is 1. The van der Waals surface area contributed by atoms with E-state index in [9.17, 15) is 26.0 Å². The average molecular weight is 377 g/mol. The molecular weight excluding hydrogens is 362 g/mol. The molecular formula is C15H15F4N3O2S. The van der Waals surface area contributed by atoms with E-state index in [0.717, 1.165) is 43.2 Å². The van der Waals surface area contributed by atoms with Gasteiger partial charge < -0.3 is 0 Å². The van der Waals surface area contributed by atoms with Crippen molar-refractivity contribution in [2.45, 2.75) is 36.4 Å². The van der Waals surface area contributed by atoms with E-state index < -0.39 is 27.7 Å². The topological polar surface area (TPSA) is 64.0 Å². The Hall–Kier alpha value is -1.94. The predicted octanol–water partition coefficient (Wildman–Crippen LogP) is 2.90.